The van der Waals surface area contributed by atoms with Gasteiger partial charge in [0.15, 0.2) is 0 Å². The summed E-state index contributed by atoms with van der Waals surface area (Å²) in [7, 11) is 0. The molecule has 0 aliphatic rings. The monoisotopic (exact) mass is 257 g/mol. The van der Waals surface area contributed by atoms with Crippen molar-refractivity contribution in [1.82, 2.24) is 4.98 Å². The third-order valence-electron chi connectivity index (χ3n) is 2.94. The molecule has 1 heterocycles. The first kappa shape index (κ1) is 13.6. The molecule has 2 rings (SSSR count). The highest BCUT2D eigenvalue weighted by Crippen LogP contribution is 2.26. The van der Waals surface area contributed by atoms with E-state index in [0.29, 0.717) is 6.61 Å². The lowest BCUT2D eigenvalue weighted by Crippen LogP contribution is -2.03. The average molecular weight is 257 g/mol. The lowest BCUT2D eigenvalue weighted by Gasteiger charge is -2.14. The standard InChI is InChI=1S/C16H19NO2/c1-11-7-8-15(13(3)18)16(9-11)19-10-14-6-4-5-12(2)17-14/h4-9,13,18H,10H2,1-3H3/t13-/m0/s1. The molecule has 0 aliphatic heterocycles. The maximum absolute atomic E-state index is 9.74. The highest BCUT2D eigenvalue weighted by molar-refractivity contribution is 5.38. The Bertz CT molecular complexity index is 564. The number of ether oxygens (including phenoxy) is 1. The van der Waals surface area contributed by atoms with Crippen LogP contribution in [0.1, 0.15) is 35.5 Å². The normalized spacial score (nSPS) is 12.2. The zero-order chi connectivity index (χ0) is 13.8. The fourth-order valence-electron chi connectivity index (χ4n) is 1.94. The lowest BCUT2D eigenvalue weighted by atomic mass is 10.1. The van der Waals surface area contributed by atoms with Crippen molar-refractivity contribution in [2.24, 2.45) is 0 Å². The molecule has 3 nitrogen and oxygen atoms in total. The van der Waals surface area contributed by atoms with Crippen molar-refractivity contribution < 1.29 is 9.84 Å². The smallest absolute Gasteiger partial charge is 0.130 e. The van der Waals surface area contributed by atoms with Crippen molar-refractivity contribution in [2.75, 3.05) is 0 Å². The summed E-state index contributed by atoms with van der Waals surface area (Å²) in [6.07, 6.45) is -0.541. The van der Waals surface area contributed by atoms with Crippen LogP contribution in [0, 0.1) is 13.8 Å². The molecule has 3 heteroatoms. The molecule has 100 valence electrons. The molecule has 1 aromatic heterocycles. The zero-order valence-electron chi connectivity index (χ0n) is 11.6. The molecule has 2 aromatic rings. The number of rotatable bonds is 4. The molecule has 0 saturated carbocycles. The van der Waals surface area contributed by atoms with Crippen LogP contribution in [-0.4, -0.2) is 10.1 Å². The first-order chi connectivity index (χ1) is 9.06. The Hall–Kier alpha value is -1.87. The van der Waals surface area contributed by atoms with E-state index < -0.39 is 6.10 Å². The summed E-state index contributed by atoms with van der Waals surface area (Å²) >= 11 is 0. The third-order valence-corrected chi connectivity index (χ3v) is 2.94. The Morgan fingerprint density at radius 2 is 2.00 bits per heavy atom. The van der Waals surface area contributed by atoms with Gasteiger partial charge in [-0.3, -0.25) is 4.98 Å². The number of aliphatic hydroxyl groups is 1. The zero-order valence-corrected chi connectivity index (χ0v) is 11.6. The van der Waals surface area contributed by atoms with E-state index >= 15 is 0 Å². The number of aliphatic hydroxyl groups excluding tert-OH is 1. The number of hydrogen-bond acceptors (Lipinski definition) is 3. The molecule has 1 atom stereocenters. The molecule has 0 aliphatic carbocycles. The number of nitrogens with zero attached hydrogens (tertiary/aromatic N) is 1. The highest BCUT2D eigenvalue weighted by atomic mass is 16.5. The molecule has 0 amide bonds. The Kier molecular flexibility index (Phi) is 4.17. The maximum atomic E-state index is 9.74. The van der Waals surface area contributed by atoms with Gasteiger partial charge >= 0.3 is 0 Å². The molecule has 0 unspecified atom stereocenters. The molecule has 0 radical (unpaired) electrons. The molecule has 0 bridgehead atoms. The Morgan fingerprint density at radius 3 is 2.68 bits per heavy atom. The molecule has 0 saturated heterocycles. The van der Waals surface area contributed by atoms with Crippen molar-refractivity contribution in [3.63, 3.8) is 0 Å². The Morgan fingerprint density at radius 1 is 1.21 bits per heavy atom. The number of pyridine rings is 1. The van der Waals surface area contributed by atoms with Crippen LogP contribution in [0.4, 0.5) is 0 Å². The van der Waals surface area contributed by atoms with Crippen LogP contribution >= 0.6 is 0 Å². The molecule has 1 N–H and O–H groups in total. The fraction of sp³-hybridized carbons (Fsp3) is 0.312. The summed E-state index contributed by atoms with van der Waals surface area (Å²) in [5, 5.41) is 9.74. The van der Waals surface area contributed by atoms with Crippen LogP contribution in [0.15, 0.2) is 36.4 Å². The summed E-state index contributed by atoms with van der Waals surface area (Å²) in [5.41, 5.74) is 3.77. The van der Waals surface area contributed by atoms with Gasteiger partial charge in [-0.05, 0) is 44.5 Å². The minimum absolute atomic E-state index is 0.408. The van der Waals surface area contributed by atoms with E-state index in [0.717, 1.165) is 28.3 Å². The van der Waals surface area contributed by atoms with Gasteiger partial charge < -0.3 is 9.84 Å². The van der Waals surface area contributed by atoms with Crippen LogP contribution in [0.25, 0.3) is 0 Å². The Balaban J connectivity index is 2.17. The van der Waals surface area contributed by atoms with Gasteiger partial charge in [0.05, 0.1) is 11.8 Å². The van der Waals surface area contributed by atoms with Gasteiger partial charge in [-0.2, -0.15) is 0 Å². The third kappa shape index (κ3) is 3.55. The summed E-state index contributed by atoms with van der Waals surface area (Å²) in [6.45, 7) is 6.11. The lowest BCUT2D eigenvalue weighted by molar-refractivity contribution is 0.189. The molecular weight excluding hydrogens is 238 g/mol. The molecule has 0 spiro atoms. The summed E-state index contributed by atoms with van der Waals surface area (Å²) in [4.78, 5) is 4.40. The van der Waals surface area contributed by atoms with Gasteiger partial charge in [0, 0.05) is 11.3 Å². The second-order valence-corrected chi connectivity index (χ2v) is 4.78. The van der Waals surface area contributed by atoms with Gasteiger partial charge in [0.25, 0.3) is 0 Å². The van der Waals surface area contributed by atoms with Gasteiger partial charge in [-0.15, -0.1) is 0 Å². The van der Waals surface area contributed by atoms with Gasteiger partial charge in [-0.25, -0.2) is 0 Å². The molecular formula is C16H19NO2. The van der Waals surface area contributed by atoms with Crippen molar-refractivity contribution in [3.8, 4) is 5.75 Å². The number of aromatic nitrogens is 1. The number of aryl methyl sites for hydroxylation is 2. The highest BCUT2D eigenvalue weighted by Gasteiger charge is 2.09. The summed E-state index contributed by atoms with van der Waals surface area (Å²) < 4.78 is 5.80. The van der Waals surface area contributed by atoms with Crippen LogP contribution in [0.2, 0.25) is 0 Å². The second kappa shape index (κ2) is 5.85. The molecule has 0 fully saturated rings. The van der Waals surface area contributed by atoms with E-state index in [2.05, 4.69) is 4.98 Å². The molecule has 19 heavy (non-hydrogen) atoms. The van der Waals surface area contributed by atoms with Crippen molar-refractivity contribution in [3.05, 3.63) is 58.9 Å². The van der Waals surface area contributed by atoms with Crippen LogP contribution in [0.5, 0.6) is 5.75 Å². The van der Waals surface area contributed by atoms with E-state index in [1.54, 1.807) is 6.92 Å². The summed E-state index contributed by atoms with van der Waals surface area (Å²) in [6, 6.07) is 11.7. The SMILES string of the molecule is Cc1ccc([C@H](C)O)c(OCc2cccc(C)n2)c1. The predicted octanol–water partition coefficient (Wildman–Crippen LogP) is 3.33. The van der Waals surface area contributed by atoms with E-state index in [-0.39, 0.29) is 0 Å². The number of hydrogen-bond donors (Lipinski definition) is 1. The number of benzene rings is 1. The van der Waals surface area contributed by atoms with E-state index in [1.807, 2.05) is 50.2 Å². The van der Waals surface area contributed by atoms with Gasteiger partial charge in [0.1, 0.15) is 12.4 Å². The maximum Gasteiger partial charge on any atom is 0.130 e. The van der Waals surface area contributed by atoms with Crippen LogP contribution in [0.3, 0.4) is 0 Å². The Labute approximate surface area is 113 Å². The van der Waals surface area contributed by atoms with Crippen LogP contribution < -0.4 is 4.74 Å². The van der Waals surface area contributed by atoms with Crippen LogP contribution in [-0.2, 0) is 6.61 Å². The van der Waals surface area contributed by atoms with Gasteiger partial charge in [0.2, 0.25) is 0 Å². The van der Waals surface area contributed by atoms with E-state index in [9.17, 15) is 5.11 Å². The summed E-state index contributed by atoms with van der Waals surface area (Å²) in [5.74, 6) is 0.721. The minimum atomic E-state index is -0.541. The fourth-order valence-corrected chi connectivity index (χ4v) is 1.94. The predicted molar refractivity (Wildman–Crippen MR) is 75.1 cm³/mol. The van der Waals surface area contributed by atoms with Crippen molar-refractivity contribution in [2.45, 2.75) is 33.5 Å². The average Bonchev–Trinajstić information content (AvgIpc) is 2.36. The first-order valence-corrected chi connectivity index (χ1v) is 6.40. The van der Waals surface area contributed by atoms with Crippen molar-refractivity contribution in [1.29, 1.82) is 0 Å². The minimum Gasteiger partial charge on any atom is -0.487 e. The van der Waals surface area contributed by atoms with Gasteiger partial charge in [-0.1, -0.05) is 18.2 Å². The molecule has 1 aromatic carbocycles. The second-order valence-electron chi connectivity index (χ2n) is 4.78. The van der Waals surface area contributed by atoms with Crippen molar-refractivity contribution >= 4 is 0 Å². The quantitative estimate of drug-likeness (QED) is 0.913. The largest absolute Gasteiger partial charge is 0.487 e. The first-order valence-electron chi connectivity index (χ1n) is 6.40. The topological polar surface area (TPSA) is 42.4 Å². The van der Waals surface area contributed by atoms with E-state index in [1.165, 1.54) is 0 Å². The van der Waals surface area contributed by atoms with E-state index in [4.69, 9.17) is 4.74 Å².